The van der Waals surface area contributed by atoms with Crippen LogP contribution in [0.3, 0.4) is 0 Å². The van der Waals surface area contributed by atoms with Gasteiger partial charge in [-0.2, -0.15) is 0 Å². The third kappa shape index (κ3) is 4.40. The predicted octanol–water partition coefficient (Wildman–Crippen LogP) is 3.66. The summed E-state index contributed by atoms with van der Waals surface area (Å²) in [6.45, 7) is 11.5. The van der Waals surface area contributed by atoms with Gasteiger partial charge in [-0.1, -0.05) is 6.08 Å². The molecule has 0 bridgehead atoms. The minimum Gasteiger partial charge on any atom is -0.348 e. The van der Waals surface area contributed by atoms with E-state index in [9.17, 15) is 4.21 Å². The molecule has 2 rings (SSSR count). The molecule has 2 unspecified atom stereocenters. The van der Waals surface area contributed by atoms with Crippen LogP contribution in [0.25, 0.3) is 0 Å². The van der Waals surface area contributed by atoms with E-state index in [0.717, 1.165) is 51.1 Å². The zero-order chi connectivity index (χ0) is 15.5. The van der Waals surface area contributed by atoms with Crippen molar-refractivity contribution in [3.05, 3.63) is 12.7 Å². The number of ether oxygens (including phenoxy) is 2. The average molecular weight is 314 g/mol. The van der Waals surface area contributed by atoms with E-state index >= 15 is 0 Å². The molecule has 1 spiro atoms. The lowest BCUT2D eigenvalue weighted by Crippen LogP contribution is -2.38. The summed E-state index contributed by atoms with van der Waals surface area (Å²) in [6.07, 6.45) is 7.12. The third-order valence-corrected chi connectivity index (χ3v) is 6.89. The Morgan fingerprint density at radius 1 is 1.29 bits per heavy atom. The molecule has 1 aliphatic heterocycles. The van der Waals surface area contributed by atoms with Crippen molar-refractivity contribution >= 4 is 10.8 Å². The Bertz CT molecular complexity index is 370. The summed E-state index contributed by atoms with van der Waals surface area (Å²) in [4.78, 5) is 0. The standard InChI is InChI=1S/C17H30O3S/c1-5-6-15(13-21(18)16(2,3)4)14-7-9-17(10-8-14)19-11-12-20-17/h5,14-15H,1,6-13H2,2-4H3. The maximum Gasteiger partial charge on any atom is 0.168 e. The van der Waals surface area contributed by atoms with Crippen LogP contribution in [0.1, 0.15) is 52.9 Å². The lowest BCUT2D eigenvalue weighted by molar-refractivity contribution is -0.184. The minimum atomic E-state index is -0.791. The van der Waals surface area contributed by atoms with Crippen molar-refractivity contribution in [1.82, 2.24) is 0 Å². The molecule has 4 heteroatoms. The Hall–Kier alpha value is -0.190. The highest BCUT2D eigenvalue weighted by Crippen LogP contribution is 2.42. The van der Waals surface area contributed by atoms with Crippen LogP contribution in [0.15, 0.2) is 12.7 Å². The molecule has 1 heterocycles. The van der Waals surface area contributed by atoms with Crippen LogP contribution in [0.2, 0.25) is 0 Å². The highest BCUT2D eigenvalue weighted by Gasteiger charge is 2.42. The normalized spacial score (nSPS) is 25.9. The monoisotopic (exact) mass is 314 g/mol. The molecule has 3 nitrogen and oxygen atoms in total. The lowest BCUT2D eigenvalue weighted by atomic mass is 9.77. The number of hydrogen-bond donors (Lipinski definition) is 0. The van der Waals surface area contributed by atoms with Gasteiger partial charge in [-0.3, -0.25) is 4.21 Å². The molecular weight excluding hydrogens is 284 g/mol. The van der Waals surface area contributed by atoms with Gasteiger partial charge in [-0.15, -0.1) is 6.58 Å². The molecule has 2 fully saturated rings. The van der Waals surface area contributed by atoms with Gasteiger partial charge in [-0.25, -0.2) is 0 Å². The van der Waals surface area contributed by atoms with Gasteiger partial charge in [0.15, 0.2) is 5.79 Å². The molecule has 0 aromatic rings. The highest BCUT2D eigenvalue weighted by molar-refractivity contribution is 7.86. The summed E-state index contributed by atoms with van der Waals surface area (Å²) in [5.74, 6) is 1.59. The molecule has 0 N–H and O–H groups in total. The Morgan fingerprint density at radius 2 is 1.86 bits per heavy atom. The van der Waals surface area contributed by atoms with Gasteiger partial charge in [0.2, 0.25) is 0 Å². The molecule has 21 heavy (non-hydrogen) atoms. The first kappa shape index (κ1) is 17.2. The first-order valence-electron chi connectivity index (χ1n) is 8.13. The van der Waals surface area contributed by atoms with E-state index in [1.54, 1.807) is 0 Å². The summed E-state index contributed by atoms with van der Waals surface area (Å²) in [6, 6.07) is 0. The van der Waals surface area contributed by atoms with E-state index in [-0.39, 0.29) is 10.5 Å². The topological polar surface area (TPSA) is 35.5 Å². The fraction of sp³-hybridized carbons (Fsp3) is 0.882. The van der Waals surface area contributed by atoms with Crippen LogP contribution in [0.4, 0.5) is 0 Å². The van der Waals surface area contributed by atoms with Gasteiger partial charge in [-0.05, 0) is 51.9 Å². The van der Waals surface area contributed by atoms with Crippen LogP contribution in [0, 0.1) is 11.8 Å². The van der Waals surface area contributed by atoms with E-state index in [0.29, 0.717) is 11.8 Å². The SMILES string of the molecule is C=CCC(CS(=O)C(C)(C)C)C1CCC2(CC1)OCCO2. The molecule has 2 aliphatic rings. The summed E-state index contributed by atoms with van der Waals surface area (Å²) in [5.41, 5.74) is 0. The summed E-state index contributed by atoms with van der Waals surface area (Å²) >= 11 is 0. The molecule has 2 atom stereocenters. The maximum atomic E-state index is 12.5. The van der Waals surface area contributed by atoms with Gasteiger partial charge in [0.1, 0.15) is 0 Å². The molecule has 0 amide bonds. The summed E-state index contributed by atoms with van der Waals surface area (Å²) in [7, 11) is -0.791. The molecule has 0 aromatic heterocycles. The van der Waals surface area contributed by atoms with Gasteiger partial charge >= 0.3 is 0 Å². The smallest absolute Gasteiger partial charge is 0.168 e. The summed E-state index contributed by atoms with van der Waals surface area (Å²) in [5, 5.41) is 0. The van der Waals surface area contributed by atoms with Crippen molar-refractivity contribution in [3.63, 3.8) is 0 Å². The van der Waals surface area contributed by atoms with E-state index in [1.165, 1.54) is 0 Å². The first-order chi connectivity index (χ1) is 9.86. The average Bonchev–Trinajstić information content (AvgIpc) is 2.86. The van der Waals surface area contributed by atoms with Crippen molar-refractivity contribution in [2.75, 3.05) is 19.0 Å². The van der Waals surface area contributed by atoms with Crippen molar-refractivity contribution < 1.29 is 13.7 Å². The zero-order valence-electron chi connectivity index (χ0n) is 13.7. The molecule has 122 valence electrons. The molecule has 0 aromatic carbocycles. The molecule has 0 radical (unpaired) electrons. The highest BCUT2D eigenvalue weighted by atomic mass is 32.2. The number of allylic oxidation sites excluding steroid dienone is 1. The minimum absolute atomic E-state index is 0.132. The quantitative estimate of drug-likeness (QED) is 0.727. The van der Waals surface area contributed by atoms with Crippen molar-refractivity contribution in [2.24, 2.45) is 11.8 Å². The number of rotatable bonds is 5. The molecular formula is C17H30O3S. The Morgan fingerprint density at radius 3 is 2.33 bits per heavy atom. The van der Waals surface area contributed by atoms with Crippen LogP contribution >= 0.6 is 0 Å². The molecule has 1 saturated carbocycles. The second-order valence-corrected chi connectivity index (χ2v) is 9.60. The van der Waals surface area contributed by atoms with Crippen molar-refractivity contribution in [3.8, 4) is 0 Å². The van der Waals surface area contributed by atoms with Gasteiger partial charge in [0, 0.05) is 34.1 Å². The second kappa shape index (κ2) is 6.93. The maximum absolute atomic E-state index is 12.5. The van der Waals surface area contributed by atoms with Gasteiger partial charge < -0.3 is 9.47 Å². The van der Waals surface area contributed by atoms with Crippen LogP contribution in [-0.4, -0.2) is 33.7 Å². The van der Waals surface area contributed by atoms with E-state index in [2.05, 4.69) is 27.4 Å². The van der Waals surface area contributed by atoms with Gasteiger partial charge in [0.05, 0.1) is 13.2 Å². The second-order valence-electron chi connectivity index (χ2n) is 7.35. The van der Waals surface area contributed by atoms with Crippen LogP contribution in [-0.2, 0) is 20.3 Å². The number of hydrogen-bond acceptors (Lipinski definition) is 3. The van der Waals surface area contributed by atoms with Gasteiger partial charge in [0.25, 0.3) is 0 Å². The van der Waals surface area contributed by atoms with Crippen LogP contribution in [0.5, 0.6) is 0 Å². The Kier molecular flexibility index (Phi) is 5.66. The largest absolute Gasteiger partial charge is 0.348 e. The fourth-order valence-corrected chi connectivity index (χ4v) is 4.69. The lowest BCUT2D eigenvalue weighted by Gasteiger charge is -2.38. The zero-order valence-corrected chi connectivity index (χ0v) is 14.5. The Balaban J connectivity index is 1.93. The van der Waals surface area contributed by atoms with E-state index in [4.69, 9.17) is 9.47 Å². The summed E-state index contributed by atoms with van der Waals surface area (Å²) < 4.78 is 23.9. The third-order valence-electron chi connectivity index (χ3n) is 4.79. The fourth-order valence-electron chi connectivity index (χ4n) is 3.39. The van der Waals surface area contributed by atoms with E-state index < -0.39 is 10.8 Å². The molecule has 1 saturated heterocycles. The molecule has 1 aliphatic carbocycles. The van der Waals surface area contributed by atoms with Crippen molar-refractivity contribution in [1.29, 1.82) is 0 Å². The Labute approximate surface area is 131 Å². The first-order valence-corrected chi connectivity index (χ1v) is 9.45. The van der Waals surface area contributed by atoms with E-state index in [1.807, 2.05) is 6.08 Å². The van der Waals surface area contributed by atoms with Crippen molar-refractivity contribution in [2.45, 2.75) is 63.4 Å². The van der Waals surface area contributed by atoms with Crippen LogP contribution < -0.4 is 0 Å². The predicted molar refractivity (Wildman–Crippen MR) is 87.7 cm³/mol.